The van der Waals surface area contributed by atoms with Crippen LogP contribution in [0.2, 0.25) is 0 Å². The molecule has 0 aromatic heterocycles. The Kier molecular flexibility index (Phi) is 3.83. The first kappa shape index (κ1) is 10.1. The summed E-state index contributed by atoms with van der Waals surface area (Å²) < 4.78 is 4.84. The molecule has 0 spiro atoms. The van der Waals surface area contributed by atoms with Crippen LogP contribution in [-0.4, -0.2) is 12.6 Å². The van der Waals surface area contributed by atoms with Crippen LogP contribution in [0.25, 0.3) is 0 Å². The highest BCUT2D eigenvalue weighted by Crippen LogP contribution is 2.20. The maximum absolute atomic E-state index is 11.2. The van der Waals surface area contributed by atoms with Gasteiger partial charge in [-0.25, -0.2) is 0 Å². The molecule has 0 aliphatic carbocycles. The summed E-state index contributed by atoms with van der Waals surface area (Å²) in [5.74, 6) is -0.294. The molecule has 1 atom stereocenters. The third kappa shape index (κ3) is 2.77. The Morgan fingerprint density at radius 1 is 1.46 bits per heavy atom. The first-order valence-corrected chi connectivity index (χ1v) is 4.67. The molecule has 1 aromatic carbocycles. The zero-order valence-electron chi connectivity index (χ0n) is 7.43. The van der Waals surface area contributed by atoms with Crippen molar-refractivity contribution in [1.82, 2.24) is 0 Å². The van der Waals surface area contributed by atoms with Crippen LogP contribution in [0.15, 0.2) is 30.3 Å². The molecule has 1 aromatic rings. The molecule has 2 nitrogen and oxygen atoms in total. The van der Waals surface area contributed by atoms with Gasteiger partial charge in [0.15, 0.2) is 0 Å². The lowest BCUT2D eigenvalue weighted by Gasteiger charge is -2.09. The predicted molar refractivity (Wildman–Crippen MR) is 54.8 cm³/mol. The summed E-state index contributed by atoms with van der Waals surface area (Å²) in [6, 6.07) is 9.36. The summed E-state index contributed by atoms with van der Waals surface area (Å²) in [6.07, 6.45) is 0. The van der Waals surface area contributed by atoms with Gasteiger partial charge in [-0.3, -0.25) is 4.79 Å². The minimum absolute atomic E-state index is 0.294. The van der Waals surface area contributed by atoms with Crippen molar-refractivity contribution in [3.63, 3.8) is 0 Å². The SMILES string of the molecule is CCOC(=O)[C@@H](S)c1ccccc1. The molecule has 0 saturated carbocycles. The molecule has 13 heavy (non-hydrogen) atoms. The summed E-state index contributed by atoms with van der Waals surface area (Å²) in [5.41, 5.74) is 0.865. The zero-order valence-corrected chi connectivity index (χ0v) is 8.33. The smallest absolute Gasteiger partial charge is 0.323 e. The molecule has 0 fully saturated rings. The van der Waals surface area contributed by atoms with Gasteiger partial charge in [-0.15, -0.1) is 0 Å². The molecule has 1 rings (SSSR count). The Balaban J connectivity index is 2.68. The second kappa shape index (κ2) is 4.92. The summed E-state index contributed by atoms with van der Waals surface area (Å²) >= 11 is 4.17. The van der Waals surface area contributed by atoms with Gasteiger partial charge in [-0.2, -0.15) is 12.6 Å². The molecule has 0 bridgehead atoms. The Morgan fingerprint density at radius 2 is 2.08 bits per heavy atom. The highest BCUT2D eigenvalue weighted by Gasteiger charge is 2.16. The maximum Gasteiger partial charge on any atom is 0.323 e. The van der Waals surface area contributed by atoms with Crippen molar-refractivity contribution in [2.45, 2.75) is 12.2 Å². The fourth-order valence-electron chi connectivity index (χ4n) is 0.993. The number of ether oxygens (including phenoxy) is 1. The van der Waals surface area contributed by atoms with Crippen LogP contribution in [0.4, 0.5) is 0 Å². The van der Waals surface area contributed by atoms with Crippen LogP contribution in [-0.2, 0) is 9.53 Å². The van der Waals surface area contributed by atoms with Gasteiger partial charge < -0.3 is 4.74 Å². The van der Waals surface area contributed by atoms with Crippen molar-refractivity contribution in [1.29, 1.82) is 0 Å². The lowest BCUT2D eigenvalue weighted by Crippen LogP contribution is -2.10. The predicted octanol–water partition coefficient (Wildman–Crippen LogP) is 2.22. The molecule has 3 heteroatoms. The Hall–Kier alpha value is -0.960. The topological polar surface area (TPSA) is 26.3 Å². The number of carbonyl (C=O) groups is 1. The normalized spacial score (nSPS) is 12.2. The van der Waals surface area contributed by atoms with Crippen molar-refractivity contribution in [2.75, 3.05) is 6.61 Å². The molecule has 0 amide bonds. The Labute approximate surface area is 83.3 Å². The van der Waals surface area contributed by atoms with Crippen LogP contribution >= 0.6 is 12.6 Å². The van der Waals surface area contributed by atoms with Crippen molar-refractivity contribution < 1.29 is 9.53 Å². The molecule has 0 aliphatic heterocycles. The van der Waals surface area contributed by atoms with E-state index in [-0.39, 0.29) is 5.97 Å². The second-order valence-electron chi connectivity index (χ2n) is 2.57. The van der Waals surface area contributed by atoms with Gasteiger partial charge in [0.25, 0.3) is 0 Å². The van der Waals surface area contributed by atoms with E-state index in [1.54, 1.807) is 6.92 Å². The molecule has 0 N–H and O–H groups in total. The van der Waals surface area contributed by atoms with Crippen molar-refractivity contribution in [3.05, 3.63) is 35.9 Å². The van der Waals surface area contributed by atoms with E-state index >= 15 is 0 Å². The van der Waals surface area contributed by atoms with Crippen LogP contribution in [0, 0.1) is 0 Å². The van der Waals surface area contributed by atoms with E-state index in [9.17, 15) is 4.79 Å². The van der Waals surface area contributed by atoms with Crippen LogP contribution in [0.1, 0.15) is 17.7 Å². The molecule has 0 aliphatic rings. The van der Waals surface area contributed by atoms with E-state index in [1.165, 1.54) is 0 Å². The van der Waals surface area contributed by atoms with Gasteiger partial charge in [0, 0.05) is 0 Å². The van der Waals surface area contributed by atoms with E-state index < -0.39 is 5.25 Å². The highest BCUT2D eigenvalue weighted by molar-refractivity contribution is 7.81. The van der Waals surface area contributed by atoms with E-state index in [2.05, 4.69) is 12.6 Å². The average Bonchev–Trinajstić information content (AvgIpc) is 2.18. The van der Waals surface area contributed by atoms with Gasteiger partial charge in [0.1, 0.15) is 5.25 Å². The number of benzene rings is 1. The first-order chi connectivity index (χ1) is 6.25. The summed E-state index contributed by atoms with van der Waals surface area (Å²) in [5, 5.41) is -0.471. The molecule has 0 radical (unpaired) electrons. The summed E-state index contributed by atoms with van der Waals surface area (Å²) in [4.78, 5) is 11.2. The Morgan fingerprint density at radius 3 is 2.62 bits per heavy atom. The zero-order chi connectivity index (χ0) is 9.68. The van der Waals surface area contributed by atoms with Gasteiger partial charge in [0.2, 0.25) is 0 Å². The number of rotatable bonds is 3. The number of hydrogen-bond donors (Lipinski definition) is 1. The van der Waals surface area contributed by atoms with Crippen molar-refractivity contribution in [2.24, 2.45) is 0 Å². The largest absolute Gasteiger partial charge is 0.465 e. The van der Waals surface area contributed by atoms with Crippen molar-refractivity contribution in [3.8, 4) is 0 Å². The van der Waals surface area contributed by atoms with E-state index in [0.717, 1.165) is 5.56 Å². The molecular weight excluding hydrogens is 184 g/mol. The lowest BCUT2D eigenvalue weighted by atomic mass is 10.1. The number of esters is 1. The molecule has 0 saturated heterocycles. The summed E-state index contributed by atoms with van der Waals surface area (Å²) in [7, 11) is 0. The van der Waals surface area contributed by atoms with Crippen LogP contribution in [0.3, 0.4) is 0 Å². The van der Waals surface area contributed by atoms with Gasteiger partial charge in [-0.05, 0) is 12.5 Å². The van der Waals surface area contributed by atoms with Gasteiger partial charge in [-0.1, -0.05) is 30.3 Å². The molecular formula is C10H12O2S. The van der Waals surface area contributed by atoms with E-state index in [1.807, 2.05) is 30.3 Å². The number of carbonyl (C=O) groups excluding carboxylic acids is 1. The van der Waals surface area contributed by atoms with Crippen LogP contribution < -0.4 is 0 Å². The molecule has 0 heterocycles. The first-order valence-electron chi connectivity index (χ1n) is 4.15. The maximum atomic E-state index is 11.2. The van der Waals surface area contributed by atoms with Gasteiger partial charge in [0.05, 0.1) is 6.61 Å². The van der Waals surface area contributed by atoms with E-state index in [4.69, 9.17) is 4.74 Å². The van der Waals surface area contributed by atoms with Gasteiger partial charge >= 0.3 is 5.97 Å². The molecule has 0 unspecified atom stereocenters. The monoisotopic (exact) mass is 196 g/mol. The average molecular weight is 196 g/mol. The second-order valence-corrected chi connectivity index (χ2v) is 3.08. The fraction of sp³-hybridized carbons (Fsp3) is 0.300. The minimum Gasteiger partial charge on any atom is -0.465 e. The quantitative estimate of drug-likeness (QED) is 0.592. The van der Waals surface area contributed by atoms with Crippen LogP contribution in [0.5, 0.6) is 0 Å². The summed E-state index contributed by atoms with van der Waals surface area (Å²) in [6.45, 7) is 2.17. The van der Waals surface area contributed by atoms with E-state index in [0.29, 0.717) is 6.61 Å². The minimum atomic E-state index is -0.471. The number of thiol groups is 1. The fourth-order valence-corrected chi connectivity index (χ4v) is 1.24. The lowest BCUT2D eigenvalue weighted by molar-refractivity contribution is -0.142. The van der Waals surface area contributed by atoms with Crippen molar-refractivity contribution >= 4 is 18.6 Å². The Bertz CT molecular complexity index is 272. The third-order valence-corrected chi connectivity index (χ3v) is 2.13. The number of hydrogen-bond acceptors (Lipinski definition) is 3. The molecule has 70 valence electrons. The third-order valence-electron chi connectivity index (χ3n) is 1.63. The standard InChI is InChI=1S/C10H12O2S/c1-2-12-10(11)9(13)8-6-4-3-5-7-8/h3-7,9,13H,2H2,1H3/t9-/m0/s1. The highest BCUT2D eigenvalue weighted by atomic mass is 32.1.